The number of pyridine rings is 1. The molecule has 0 atom stereocenters. The third-order valence-corrected chi connectivity index (χ3v) is 3.00. The lowest BCUT2D eigenvalue weighted by molar-refractivity contribution is 0.460. The molecule has 0 fully saturated rings. The van der Waals surface area contributed by atoms with E-state index in [4.69, 9.17) is 0 Å². The van der Waals surface area contributed by atoms with Crippen molar-refractivity contribution in [3.63, 3.8) is 0 Å². The molecule has 0 radical (unpaired) electrons. The predicted molar refractivity (Wildman–Crippen MR) is 69.9 cm³/mol. The van der Waals surface area contributed by atoms with Crippen molar-refractivity contribution in [1.82, 2.24) is 10.3 Å². The third kappa shape index (κ3) is 4.68. The SMILES string of the molecule is C=CCSCCNCc1nc(C)ccc1O. The Morgan fingerprint density at radius 2 is 2.38 bits per heavy atom. The van der Waals surface area contributed by atoms with Gasteiger partial charge in [0.2, 0.25) is 0 Å². The fourth-order valence-corrected chi connectivity index (χ4v) is 1.87. The largest absolute Gasteiger partial charge is 0.506 e. The summed E-state index contributed by atoms with van der Waals surface area (Å²) in [4.78, 5) is 4.27. The zero-order valence-corrected chi connectivity index (χ0v) is 10.4. The Balaban J connectivity index is 2.26. The molecule has 0 unspecified atom stereocenters. The molecule has 0 saturated heterocycles. The summed E-state index contributed by atoms with van der Waals surface area (Å²) in [6.07, 6.45) is 1.90. The molecule has 88 valence electrons. The Kier molecular flexibility index (Phi) is 5.96. The highest BCUT2D eigenvalue weighted by molar-refractivity contribution is 7.99. The fraction of sp³-hybridized carbons (Fsp3) is 0.417. The van der Waals surface area contributed by atoms with Crippen LogP contribution in [0, 0.1) is 6.92 Å². The van der Waals surface area contributed by atoms with Crippen LogP contribution in [0.25, 0.3) is 0 Å². The van der Waals surface area contributed by atoms with Gasteiger partial charge in [-0.2, -0.15) is 11.8 Å². The van der Waals surface area contributed by atoms with Crippen molar-refractivity contribution in [1.29, 1.82) is 0 Å². The summed E-state index contributed by atoms with van der Waals surface area (Å²) in [7, 11) is 0. The number of thioether (sulfide) groups is 1. The molecule has 0 bridgehead atoms. The molecule has 0 amide bonds. The average Bonchev–Trinajstić information content (AvgIpc) is 2.28. The van der Waals surface area contributed by atoms with Crippen molar-refractivity contribution < 1.29 is 5.11 Å². The maximum absolute atomic E-state index is 9.55. The summed E-state index contributed by atoms with van der Waals surface area (Å²) in [5, 5.41) is 12.8. The van der Waals surface area contributed by atoms with Gasteiger partial charge in [-0.05, 0) is 19.1 Å². The molecule has 0 spiro atoms. The normalized spacial score (nSPS) is 10.3. The van der Waals surface area contributed by atoms with E-state index in [9.17, 15) is 5.11 Å². The van der Waals surface area contributed by atoms with Crippen molar-refractivity contribution in [2.75, 3.05) is 18.1 Å². The number of aryl methyl sites for hydroxylation is 1. The number of aromatic hydroxyl groups is 1. The first-order chi connectivity index (χ1) is 7.74. The van der Waals surface area contributed by atoms with Gasteiger partial charge in [-0.15, -0.1) is 6.58 Å². The molecule has 1 aromatic heterocycles. The van der Waals surface area contributed by atoms with Crippen LogP contribution >= 0.6 is 11.8 Å². The van der Waals surface area contributed by atoms with Gasteiger partial charge in [-0.1, -0.05) is 6.08 Å². The number of rotatable bonds is 7. The molecule has 0 aliphatic rings. The van der Waals surface area contributed by atoms with E-state index in [2.05, 4.69) is 16.9 Å². The molecule has 16 heavy (non-hydrogen) atoms. The van der Waals surface area contributed by atoms with Crippen LogP contribution in [0.5, 0.6) is 5.75 Å². The molecular weight excluding hydrogens is 220 g/mol. The Bertz CT molecular complexity index is 342. The standard InChI is InChI=1S/C12H18N2OS/c1-3-7-16-8-6-13-9-11-12(15)5-4-10(2)14-11/h3-5,13,15H,1,6-9H2,2H3. The molecule has 2 N–H and O–H groups in total. The highest BCUT2D eigenvalue weighted by atomic mass is 32.2. The molecule has 0 aromatic carbocycles. The van der Waals surface area contributed by atoms with Gasteiger partial charge in [0.1, 0.15) is 5.75 Å². The number of hydrogen-bond acceptors (Lipinski definition) is 4. The van der Waals surface area contributed by atoms with Crippen LogP contribution in [-0.2, 0) is 6.54 Å². The molecule has 0 saturated carbocycles. The molecular formula is C12H18N2OS. The van der Waals surface area contributed by atoms with E-state index in [1.165, 1.54) is 0 Å². The van der Waals surface area contributed by atoms with E-state index in [0.29, 0.717) is 12.2 Å². The minimum atomic E-state index is 0.261. The maximum Gasteiger partial charge on any atom is 0.138 e. The van der Waals surface area contributed by atoms with Gasteiger partial charge in [-0.25, -0.2) is 0 Å². The second-order valence-electron chi connectivity index (χ2n) is 3.46. The van der Waals surface area contributed by atoms with Crippen LogP contribution in [0.3, 0.4) is 0 Å². The van der Waals surface area contributed by atoms with Gasteiger partial charge in [0, 0.05) is 30.3 Å². The molecule has 1 rings (SSSR count). The van der Waals surface area contributed by atoms with Gasteiger partial charge in [0.15, 0.2) is 0 Å². The number of nitrogens with one attached hydrogen (secondary N) is 1. The van der Waals surface area contributed by atoms with Crippen molar-refractivity contribution in [3.8, 4) is 5.75 Å². The minimum absolute atomic E-state index is 0.261. The molecule has 0 aliphatic heterocycles. The predicted octanol–water partition coefficient (Wildman–Crippen LogP) is 2.10. The van der Waals surface area contributed by atoms with Gasteiger partial charge in [-0.3, -0.25) is 4.98 Å². The van der Waals surface area contributed by atoms with Crippen molar-refractivity contribution in [3.05, 3.63) is 36.2 Å². The maximum atomic E-state index is 9.55. The fourth-order valence-electron chi connectivity index (χ4n) is 1.25. The lowest BCUT2D eigenvalue weighted by Crippen LogP contribution is -2.17. The summed E-state index contributed by atoms with van der Waals surface area (Å²) in [6.45, 7) is 7.11. The van der Waals surface area contributed by atoms with Gasteiger partial charge in [0.25, 0.3) is 0 Å². The van der Waals surface area contributed by atoms with E-state index in [1.807, 2.05) is 24.8 Å². The average molecular weight is 238 g/mol. The van der Waals surface area contributed by atoms with Crippen LogP contribution in [-0.4, -0.2) is 28.1 Å². The monoisotopic (exact) mass is 238 g/mol. The second kappa shape index (κ2) is 7.30. The van der Waals surface area contributed by atoms with Crippen molar-refractivity contribution in [2.24, 2.45) is 0 Å². The zero-order chi connectivity index (χ0) is 11.8. The smallest absolute Gasteiger partial charge is 0.138 e. The summed E-state index contributed by atoms with van der Waals surface area (Å²) >= 11 is 1.83. The number of aromatic nitrogens is 1. The lowest BCUT2D eigenvalue weighted by atomic mass is 10.3. The zero-order valence-electron chi connectivity index (χ0n) is 9.57. The van der Waals surface area contributed by atoms with Crippen molar-refractivity contribution in [2.45, 2.75) is 13.5 Å². The highest BCUT2D eigenvalue weighted by Crippen LogP contribution is 2.13. The number of hydrogen-bond donors (Lipinski definition) is 2. The van der Waals surface area contributed by atoms with Crippen molar-refractivity contribution >= 4 is 11.8 Å². The summed E-state index contributed by atoms with van der Waals surface area (Å²) in [6, 6.07) is 3.49. The molecule has 1 heterocycles. The van der Waals surface area contributed by atoms with E-state index < -0.39 is 0 Å². The van der Waals surface area contributed by atoms with Gasteiger partial charge >= 0.3 is 0 Å². The molecule has 0 aliphatic carbocycles. The lowest BCUT2D eigenvalue weighted by Gasteiger charge is -2.06. The third-order valence-electron chi connectivity index (χ3n) is 2.04. The Hall–Kier alpha value is -1.00. The Labute approximate surface area is 101 Å². The first kappa shape index (κ1) is 13.1. The van der Waals surface area contributed by atoms with E-state index >= 15 is 0 Å². The molecule has 1 aromatic rings. The van der Waals surface area contributed by atoms with Crippen LogP contribution in [0.15, 0.2) is 24.8 Å². The van der Waals surface area contributed by atoms with Gasteiger partial charge < -0.3 is 10.4 Å². The minimum Gasteiger partial charge on any atom is -0.506 e. The van der Waals surface area contributed by atoms with E-state index in [0.717, 1.165) is 23.7 Å². The topological polar surface area (TPSA) is 45.2 Å². The summed E-state index contributed by atoms with van der Waals surface area (Å²) < 4.78 is 0. The molecule has 3 nitrogen and oxygen atoms in total. The van der Waals surface area contributed by atoms with E-state index in [-0.39, 0.29) is 5.75 Å². The van der Waals surface area contributed by atoms with Crippen LogP contribution in [0.4, 0.5) is 0 Å². The quantitative estimate of drug-likeness (QED) is 0.564. The second-order valence-corrected chi connectivity index (χ2v) is 4.61. The molecule has 4 heteroatoms. The number of nitrogens with zero attached hydrogens (tertiary/aromatic N) is 1. The Morgan fingerprint density at radius 1 is 1.56 bits per heavy atom. The summed E-state index contributed by atoms with van der Waals surface area (Å²) in [5.74, 6) is 2.28. The highest BCUT2D eigenvalue weighted by Gasteiger charge is 2.01. The Morgan fingerprint density at radius 3 is 3.12 bits per heavy atom. The summed E-state index contributed by atoms with van der Waals surface area (Å²) in [5.41, 5.74) is 1.64. The van der Waals surface area contributed by atoms with Crippen LogP contribution < -0.4 is 5.32 Å². The van der Waals surface area contributed by atoms with Gasteiger partial charge in [0.05, 0.1) is 5.69 Å². The van der Waals surface area contributed by atoms with Crippen LogP contribution in [0.1, 0.15) is 11.4 Å². The van der Waals surface area contributed by atoms with E-state index in [1.54, 1.807) is 12.1 Å². The van der Waals surface area contributed by atoms with Crippen LogP contribution in [0.2, 0.25) is 0 Å². The first-order valence-electron chi connectivity index (χ1n) is 5.29. The first-order valence-corrected chi connectivity index (χ1v) is 6.44.